The van der Waals surface area contributed by atoms with Gasteiger partial charge in [0.25, 0.3) is 0 Å². The topological polar surface area (TPSA) is 176 Å². The highest BCUT2D eigenvalue weighted by molar-refractivity contribution is 6.12. The second-order valence-corrected chi connectivity index (χ2v) is 17.7. The fourth-order valence-electron chi connectivity index (χ4n) is 12.2. The SMILES string of the molecule is O=C1[C@@H]2[C@@H]3O[C@H]([C@@H]2C(=O)N1CCN1C(=O)[C@@H]2[C@@H]4O[C@H]([C@@H]2C1=O)[C@@H]1[C@H]4C(c2cnc4ccccc4n2)=NN1c1ccccc1)[C@@H]1[C@H]3C(c2cnc3ccccc3n2)=NN1c1ccccc1. The summed E-state index contributed by atoms with van der Waals surface area (Å²) in [6.45, 7) is -0.233. The fraction of sp³-hybridized carbons (Fsp3) is 0.292. The number of para-hydroxylation sites is 6. The summed E-state index contributed by atoms with van der Waals surface area (Å²) in [5.41, 5.74) is 7.09. The van der Waals surface area contributed by atoms with Gasteiger partial charge in [0.15, 0.2) is 0 Å². The normalized spacial score (nSPS) is 32.9. The van der Waals surface area contributed by atoms with Crippen molar-refractivity contribution in [3.63, 3.8) is 0 Å². The van der Waals surface area contributed by atoms with E-state index in [1.54, 1.807) is 12.4 Å². The van der Waals surface area contributed by atoms with Crippen molar-refractivity contribution in [3.05, 3.63) is 133 Å². The molecule has 64 heavy (non-hydrogen) atoms. The minimum absolute atomic E-state index is 0.117. The number of anilines is 2. The van der Waals surface area contributed by atoms with Gasteiger partial charge in [-0.05, 0) is 48.5 Å². The molecule has 2 aromatic heterocycles. The van der Waals surface area contributed by atoms with Gasteiger partial charge in [-0.3, -0.25) is 49.0 Å². The molecular weight excluding hydrogens is 813 g/mol. The number of hydrogen-bond donors (Lipinski definition) is 0. The van der Waals surface area contributed by atoms with Crippen LogP contribution in [0, 0.1) is 35.5 Å². The molecule has 6 saturated heterocycles. The molecule has 6 fully saturated rings. The lowest BCUT2D eigenvalue weighted by atomic mass is 9.70. The fourth-order valence-corrected chi connectivity index (χ4v) is 12.2. The zero-order chi connectivity index (χ0) is 42.5. The van der Waals surface area contributed by atoms with Crippen molar-refractivity contribution in [3.8, 4) is 0 Å². The average molecular weight is 849 g/mol. The summed E-state index contributed by atoms with van der Waals surface area (Å²) in [4.78, 5) is 79.6. The molecule has 0 saturated carbocycles. The molecule has 0 unspecified atom stereocenters. The zero-order valence-electron chi connectivity index (χ0n) is 33.8. The molecule has 0 N–H and O–H groups in total. The molecule has 10 heterocycles. The molecule has 0 aliphatic carbocycles. The number of carbonyl (C=O) groups is 4. The van der Waals surface area contributed by atoms with Gasteiger partial charge in [-0.15, -0.1) is 0 Å². The Hall–Kier alpha value is -7.30. The van der Waals surface area contributed by atoms with Crippen LogP contribution in [0.1, 0.15) is 11.4 Å². The summed E-state index contributed by atoms with van der Waals surface area (Å²) in [5.74, 6) is -5.15. The van der Waals surface area contributed by atoms with E-state index in [0.29, 0.717) is 22.8 Å². The van der Waals surface area contributed by atoms with Crippen LogP contribution < -0.4 is 10.0 Å². The third kappa shape index (κ3) is 4.78. The number of hydrazone groups is 2. The second-order valence-electron chi connectivity index (χ2n) is 17.7. The molecule has 0 radical (unpaired) electrons. The van der Waals surface area contributed by atoms with Crippen LogP contribution in [0.4, 0.5) is 11.4 Å². The Bertz CT molecular complexity index is 2890. The monoisotopic (exact) mass is 848 g/mol. The Balaban J connectivity index is 0.743. The molecule has 6 aromatic rings. The van der Waals surface area contributed by atoms with Gasteiger partial charge in [0.2, 0.25) is 23.6 Å². The van der Waals surface area contributed by atoms with Gasteiger partial charge in [0.05, 0.1) is 129 Å². The summed E-state index contributed by atoms with van der Waals surface area (Å²) < 4.78 is 13.2. The van der Waals surface area contributed by atoms with Crippen LogP contribution in [0.3, 0.4) is 0 Å². The molecule has 314 valence electrons. The molecule has 0 spiro atoms. The van der Waals surface area contributed by atoms with E-state index in [2.05, 4.69) is 9.97 Å². The number of aromatic nitrogens is 4. The highest BCUT2D eigenvalue weighted by atomic mass is 16.5. The van der Waals surface area contributed by atoms with Crippen molar-refractivity contribution in [2.24, 2.45) is 45.7 Å². The summed E-state index contributed by atoms with van der Waals surface area (Å²) >= 11 is 0. The molecule has 8 aliphatic rings. The number of carbonyl (C=O) groups excluding carboxylic acids is 4. The Morgan fingerprint density at radius 3 is 1.19 bits per heavy atom. The van der Waals surface area contributed by atoms with Gasteiger partial charge in [-0.1, -0.05) is 60.7 Å². The van der Waals surface area contributed by atoms with Crippen LogP contribution >= 0.6 is 0 Å². The van der Waals surface area contributed by atoms with E-state index in [0.717, 1.165) is 33.4 Å². The number of fused-ring (bicyclic) bond motifs is 18. The third-order valence-electron chi connectivity index (χ3n) is 14.8. The molecule has 16 nitrogen and oxygen atoms in total. The van der Waals surface area contributed by atoms with Crippen LogP contribution in [0.15, 0.2) is 132 Å². The van der Waals surface area contributed by atoms with Crippen LogP contribution in [0.5, 0.6) is 0 Å². The Morgan fingerprint density at radius 2 is 0.781 bits per heavy atom. The predicted octanol–water partition coefficient (Wildman–Crippen LogP) is 3.46. The predicted molar refractivity (Wildman–Crippen MR) is 229 cm³/mol. The Morgan fingerprint density at radius 1 is 0.422 bits per heavy atom. The first-order chi connectivity index (χ1) is 31.4. The van der Waals surface area contributed by atoms with Crippen LogP contribution in [0.25, 0.3) is 22.1 Å². The minimum atomic E-state index is -0.749. The van der Waals surface area contributed by atoms with E-state index in [1.165, 1.54) is 9.80 Å². The van der Waals surface area contributed by atoms with Gasteiger partial charge < -0.3 is 9.47 Å². The van der Waals surface area contributed by atoms with Crippen molar-refractivity contribution in [1.29, 1.82) is 0 Å². The van der Waals surface area contributed by atoms with Gasteiger partial charge >= 0.3 is 0 Å². The van der Waals surface area contributed by atoms with E-state index in [4.69, 9.17) is 29.6 Å². The number of rotatable bonds is 7. The molecule has 4 bridgehead atoms. The Labute approximate surface area is 364 Å². The summed E-state index contributed by atoms with van der Waals surface area (Å²) in [7, 11) is 0. The third-order valence-corrected chi connectivity index (χ3v) is 14.8. The number of likely N-dealkylation sites (tertiary alicyclic amines) is 2. The summed E-state index contributed by atoms with van der Waals surface area (Å²) in [5, 5.41) is 14.0. The van der Waals surface area contributed by atoms with Gasteiger partial charge in [-0.2, -0.15) is 10.2 Å². The van der Waals surface area contributed by atoms with Gasteiger partial charge in [0, 0.05) is 13.1 Å². The zero-order valence-corrected chi connectivity index (χ0v) is 33.8. The smallest absolute Gasteiger partial charge is 0.235 e. The van der Waals surface area contributed by atoms with Crippen LogP contribution in [-0.2, 0) is 28.7 Å². The largest absolute Gasteiger partial charge is 0.370 e. The van der Waals surface area contributed by atoms with E-state index in [9.17, 15) is 19.2 Å². The number of imide groups is 2. The highest BCUT2D eigenvalue weighted by Crippen LogP contribution is 2.58. The number of nitrogens with zero attached hydrogens (tertiary/aromatic N) is 10. The van der Waals surface area contributed by atoms with E-state index < -0.39 is 48.1 Å². The first-order valence-electron chi connectivity index (χ1n) is 21.7. The van der Waals surface area contributed by atoms with Crippen molar-refractivity contribution < 1.29 is 28.7 Å². The highest BCUT2D eigenvalue weighted by Gasteiger charge is 2.74. The van der Waals surface area contributed by atoms with E-state index in [-0.39, 0.29) is 60.6 Å². The lowest BCUT2D eigenvalue weighted by Gasteiger charge is -2.32. The maximum absolute atomic E-state index is 14.5. The molecular formula is C48H36N10O6. The summed E-state index contributed by atoms with van der Waals surface area (Å²) in [6.07, 6.45) is 0.873. The maximum Gasteiger partial charge on any atom is 0.235 e. The molecule has 14 rings (SSSR count). The van der Waals surface area contributed by atoms with E-state index in [1.807, 2.05) is 119 Å². The van der Waals surface area contributed by atoms with Crippen molar-refractivity contribution in [2.45, 2.75) is 36.5 Å². The van der Waals surface area contributed by atoms with Crippen molar-refractivity contribution in [1.82, 2.24) is 29.7 Å². The second kappa shape index (κ2) is 13.1. The summed E-state index contributed by atoms with van der Waals surface area (Å²) in [6, 6.07) is 33.9. The molecule has 4 aromatic carbocycles. The van der Waals surface area contributed by atoms with E-state index >= 15 is 0 Å². The lowest BCUT2D eigenvalue weighted by Crippen LogP contribution is -2.50. The molecule has 8 aliphatic heterocycles. The Kier molecular flexibility index (Phi) is 7.42. The van der Waals surface area contributed by atoms with Gasteiger partial charge in [-0.25, -0.2) is 9.97 Å². The average Bonchev–Trinajstić information content (AvgIpc) is 4.22. The lowest BCUT2D eigenvalue weighted by molar-refractivity contribution is -0.148. The number of amides is 4. The first kappa shape index (κ1) is 36.2. The standard InChI is InChI=1S/C48H36N10O6/c59-45-31-33(43-39-35(41(31)63-43)37(53-57(39)23-11-3-1-4-12-23)29-21-49-25-15-7-9-17-27(25)51-29)47(61)55(45)19-20-56-46(60)32-34(48(56)62)44-40-36(42(32)64-44)38(54-58(40)24-13-5-2-6-14-24)30-22-50-26-16-8-10-18-28(26)52-30/h1-18,21-22,31-36,39-44H,19-20H2/t31-,32-,33+,34+,35+,36+,39-,40-,41-,42-,43+,44+/m0/s1. The van der Waals surface area contributed by atoms with Crippen molar-refractivity contribution in [2.75, 3.05) is 23.1 Å². The molecule has 4 amide bonds. The minimum Gasteiger partial charge on any atom is -0.370 e. The van der Waals surface area contributed by atoms with Crippen LogP contribution in [0.2, 0.25) is 0 Å². The van der Waals surface area contributed by atoms with Gasteiger partial charge in [0.1, 0.15) is 11.4 Å². The number of benzene rings is 4. The first-order valence-corrected chi connectivity index (χ1v) is 21.7. The number of hydrogen-bond acceptors (Lipinski definition) is 14. The quantitative estimate of drug-likeness (QED) is 0.214. The number of ether oxygens (including phenoxy) is 2. The molecule has 12 atom stereocenters. The molecule has 16 heteroatoms. The maximum atomic E-state index is 14.5. The van der Waals surface area contributed by atoms with Crippen molar-refractivity contribution >= 4 is 68.5 Å². The van der Waals surface area contributed by atoms with Crippen LogP contribution in [-0.4, -0.2) is 114 Å².